The fourth-order valence-electron chi connectivity index (χ4n) is 0.905. The van der Waals surface area contributed by atoms with Crippen LogP contribution >= 0.6 is 0 Å². The van der Waals surface area contributed by atoms with E-state index in [-0.39, 0.29) is 0 Å². The van der Waals surface area contributed by atoms with Gasteiger partial charge in [0.2, 0.25) is 0 Å². The molecule has 0 saturated heterocycles. The summed E-state index contributed by atoms with van der Waals surface area (Å²) in [5.74, 6) is 0.890. The third-order valence-electron chi connectivity index (χ3n) is 1.63. The van der Waals surface area contributed by atoms with Gasteiger partial charge in [-0.15, -0.1) is 13.2 Å². The Morgan fingerprint density at radius 1 is 1.42 bits per heavy atom. The van der Waals surface area contributed by atoms with Crippen LogP contribution in [0.3, 0.4) is 0 Å². The standard InChI is InChI=1S/C9H15N.C2H4/c1-8(5-6-10-2)7-9-3-4-9;1-2/h5-7,9-10H,3-4H2,1-2H3;1-2H2/b6-5-,8-7-;. The second kappa shape index (κ2) is 6.71. The number of hydrogen-bond acceptors (Lipinski definition) is 1. The van der Waals surface area contributed by atoms with Gasteiger partial charge in [0.25, 0.3) is 0 Å². The topological polar surface area (TPSA) is 12.0 Å². The second-order valence-corrected chi connectivity index (χ2v) is 2.87. The van der Waals surface area contributed by atoms with Gasteiger partial charge in [-0.05, 0) is 38.0 Å². The van der Waals surface area contributed by atoms with Crippen molar-refractivity contribution < 1.29 is 0 Å². The molecule has 12 heavy (non-hydrogen) atoms. The number of allylic oxidation sites excluding steroid dienone is 3. The first-order valence-electron chi connectivity index (χ1n) is 4.35. The van der Waals surface area contributed by atoms with Crippen molar-refractivity contribution in [2.24, 2.45) is 5.92 Å². The van der Waals surface area contributed by atoms with Gasteiger partial charge in [0.05, 0.1) is 0 Å². The quantitative estimate of drug-likeness (QED) is 0.501. The molecule has 1 saturated carbocycles. The Kier molecular flexibility index (Phi) is 6.16. The average Bonchev–Trinajstić information content (AvgIpc) is 2.88. The lowest BCUT2D eigenvalue weighted by molar-refractivity contribution is 1.08. The van der Waals surface area contributed by atoms with Gasteiger partial charge in [-0.2, -0.15) is 0 Å². The van der Waals surface area contributed by atoms with Crippen LogP contribution in [0.25, 0.3) is 0 Å². The van der Waals surface area contributed by atoms with Crippen molar-refractivity contribution in [2.45, 2.75) is 19.8 Å². The van der Waals surface area contributed by atoms with E-state index in [1.165, 1.54) is 18.4 Å². The summed E-state index contributed by atoms with van der Waals surface area (Å²) in [6.07, 6.45) is 9.20. The summed E-state index contributed by atoms with van der Waals surface area (Å²) >= 11 is 0. The van der Waals surface area contributed by atoms with Crippen LogP contribution in [0.15, 0.2) is 37.1 Å². The highest BCUT2D eigenvalue weighted by Crippen LogP contribution is 2.31. The summed E-state index contributed by atoms with van der Waals surface area (Å²) in [6, 6.07) is 0. The molecule has 0 amide bonds. The molecule has 1 N–H and O–H groups in total. The van der Waals surface area contributed by atoms with Gasteiger partial charge in [0.1, 0.15) is 0 Å². The Labute approximate surface area is 75.9 Å². The number of rotatable bonds is 3. The molecule has 1 aliphatic rings. The third kappa shape index (κ3) is 5.78. The van der Waals surface area contributed by atoms with Crippen molar-refractivity contribution in [1.82, 2.24) is 5.32 Å². The van der Waals surface area contributed by atoms with Gasteiger partial charge in [-0.3, -0.25) is 0 Å². The predicted octanol–water partition coefficient (Wildman–Crippen LogP) is 2.88. The first kappa shape index (κ1) is 11.0. The van der Waals surface area contributed by atoms with Gasteiger partial charge in [-0.1, -0.05) is 11.6 Å². The van der Waals surface area contributed by atoms with Gasteiger partial charge >= 0.3 is 0 Å². The van der Waals surface area contributed by atoms with E-state index in [2.05, 4.69) is 37.6 Å². The SMILES string of the molecule is C=C.CN/C=C\C(C)=C/C1CC1. The summed E-state index contributed by atoms with van der Waals surface area (Å²) in [7, 11) is 1.92. The predicted molar refractivity (Wildman–Crippen MR) is 55.9 cm³/mol. The molecule has 0 bridgehead atoms. The molecule has 1 nitrogen and oxygen atoms in total. The molecule has 68 valence electrons. The molecule has 0 aromatic heterocycles. The third-order valence-corrected chi connectivity index (χ3v) is 1.63. The maximum Gasteiger partial charge on any atom is 0.00277 e. The van der Waals surface area contributed by atoms with Crippen LogP contribution in [0.1, 0.15) is 19.8 Å². The minimum atomic E-state index is 0.890. The van der Waals surface area contributed by atoms with Gasteiger partial charge < -0.3 is 5.32 Å². The maximum absolute atomic E-state index is 3.00. The van der Waals surface area contributed by atoms with Crippen LogP contribution in [0.4, 0.5) is 0 Å². The fraction of sp³-hybridized carbons (Fsp3) is 0.455. The Balaban J connectivity index is 0.000000561. The van der Waals surface area contributed by atoms with E-state index >= 15 is 0 Å². The lowest BCUT2D eigenvalue weighted by Gasteiger charge is -1.89. The van der Waals surface area contributed by atoms with E-state index in [0.717, 1.165) is 5.92 Å². The molecule has 0 radical (unpaired) electrons. The Hall–Kier alpha value is -0.980. The molecular weight excluding hydrogens is 146 g/mol. The molecule has 0 spiro atoms. The Morgan fingerprint density at radius 2 is 2.00 bits per heavy atom. The van der Waals surface area contributed by atoms with E-state index < -0.39 is 0 Å². The highest BCUT2D eigenvalue weighted by atomic mass is 14.8. The van der Waals surface area contributed by atoms with Crippen LogP contribution in [-0.2, 0) is 0 Å². The first-order valence-corrected chi connectivity index (χ1v) is 4.35. The zero-order valence-corrected chi connectivity index (χ0v) is 8.14. The Bertz CT molecular complexity index is 164. The molecule has 0 atom stereocenters. The zero-order valence-electron chi connectivity index (χ0n) is 8.14. The minimum absolute atomic E-state index is 0.890. The molecule has 0 aliphatic heterocycles. The van der Waals surface area contributed by atoms with E-state index in [1.807, 2.05) is 13.2 Å². The molecule has 1 rings (SSSR count). The lowest BCUT2D eigenvalue weighted by atomic mass is 10.2. The lowest BCUT2D eigenvalue weighted by Crippen LogP contribution is -1.90. The van der Waals surface area contributed by atoms with Crippen molar-refractivity contribution in [3.63, 3.8) is 0 Å². The molecular formula is C11H19N. The smallest absolute Gasteiger partial charge is 0.00277 e. The summed E-state index contributed by atoms with van der Waals surface area (Å²) < 4.78 is 0. The fourth-order valence-corrected chi connectivity index (χ4v) is 0.905. The zero-order chi connectivity index (χ0) is 9.40. The summed E-state index contributed by atoms with van der Waals surface area (Å²) in [4.78, 5) is 0. The van der Waals surface area contributed by atoms with Crippen LogP contribution < -0.4 is 5.32 Å². The van der Waals surface area contributed by atoms with E-state index in [1.54, 1.807) is 0 Å². The number of hydrogen-bond donors (Lipinski definition) is 1. The molecule has 0 heterocycles. The Morgan fingerprint density at radius 3 is 2.42 bits per heavy atom. The minimum Gasteiger partial charge on any atom is -0.394 e. The maximum atomic E-state index is 3.00. The van der Waals surface area contributed by atoms with Crippen molar-refractivity contribution >= 4 is 0 Å². The largest absolute Gasteiger partial charge is 0.394 e. The van der Waals surface area contributed by atoms with Gasteiger partial charge in [-0.25, -0.2) is 0 Å². The molecule has 0 aromatic rings. The van der Waals surface area contributed by atoms with Crippen LogP contribution in [0.2, 0.25) is 0 Å². The van der Waals surface area contributed by atoms with Crippen LogP contribution in [0, 0.1) is 5.92 Å². The first-order chi connectivity index (χ1) is 5.83. The summed E-state index contributed by atoms with van der Waals surface area (Å²) in [6.45, 7) is 8.14. The highest BCUT2D eigenvalue weighted by molar-refractivity contribution is 5.18. The van der Waals surface area contributed by atoms with Crippen molar-refractivity contribution in [3.05, 3.63) is 37.1 Å². The normalized spacial score (nSPS) is 17.0. The van der Waals surface area contributed by atoms with E-state index in [4.69, 9.17) is 0 Å². The molecule has 1 heteroatoms. The molecule has 1 aliphatic carbocycles. The van der Waals surface area contributed by atoms with Crippen molar-refractivity contribution in [1.29, 1.82) is 0 Å². The summed E-state index contributed by atoms with van der Waals surface area (Å²) in [5.41, 5.74) is 1.37. The van der Waals surface area contributed by atoms with Gasteiger partial charge in [0, 0.05) is 7.05 Å². The van der Waals surface area contributed by atoms with Crippen molar-refractivity contribution in [2.75, 3.05) is 7.05 Å². The molecule has 0 aromatic carbocycles. The molecule has 0 unspecified atom stereocenters. The van der Waals surface area contributed by atoms with Crippen molar-refractivity contribution in [3.8, 4) is 0 Å². The van der Waals surface area contributed by atoms with E-state index in [0.29, 0.717) is 0 Å². The molecule has 1 fully saturated rings. The van der Waals surface area contributed by atoms with Gasteiger partial charge in [0.15, 0.2) is 0 Å². The highest BCUT2D eigenvalue weighted by Gasteiger charge is 2.17. The monoisotopic (exact) mass is 165 g/mol. The second-order valence-electron chi connectivity index (χ2n) is 2.87. The van der Waals surface area contributed by atoms with E-state index in [9.17, 15) is 0 Å². The number of nitrogens with one attached hydrogen (secondary N) is 1. The summed E-state index contributed by atoms with van der Waals surface area (Å²) in [5, 5.41) is 2.97. The van der Waals surface area contributed by atoms with Crippen LogP contribution in [0.5, 0.6) is 0 Å². The average molecular weight is 165 g/mol. The van der Waals surface area contributed by atoms with Crippen LogP contribution in [-0.4, -0.2) is 7.05 Å².